The smallest absolute Gasteiger partial charge is 0.250 e. The number of nitrogens with one attached hydrogen (secondary N) is 2. The Hall–Kier alpha value is -2.13. The summed E-state index contributed by atoms with van der Waals surface area (Å²) < 4.78 is 34.5. The highest BCUT2D eigenvalue weighted by Gasteiger charge is 2.40. The molecule has 1 aliphatic heterocycles. The van der Waals surface area contributed by atoms with Gasteiger partial charge in [0.25, 0.3) is 0 Å². The molecule has 26 heavy (non-hydrogen) atoms. The summed E-state index contributed by atoms with van der Waals surface area (Å²) in [7, 11) is -2.23. The number of anilines is 1. The van der Waals surface area contributed by atoms with E-state index in [-0.39, 0.29) is 30.0 Å². The molecule has 2 rings (SSSR count). The lowest BCUT2D eigenvalue weighted by Crippen LogP contribution is -2.47. The number of sulfone groups is 1. The maximum Gasteiger partial charge on any atom is 0.250 e. The zero-order chi connectivity index (χ0) is 19.5. The first-order valence-electron chi connectivity index (χ1n) is 8.21. The van der Waals surface area contributed by atoms with Crippen LogP contribution in [0.4, 0.5) is 5.69 Å². The van der Waals surface area contributed by atoms with Crippen LogP contribution in [0.5, 0.6) is 5.75 Å². The van der Waals surface area contributed by atoms with E-state index in [1.807, 2.05) is 0 Å². The summed E-state index contributed by atoms with van der Waals surface area (Å²) in [6.07, 6.45) is 0.523. The Bertz CT molecular complexity index is 805. The third kappa shape index (κ3) is 4.16. The number of hydrogen-bond acceptors (Lipinski definition) is 6. The zero-order valence-corrected chi connectivity index (χ0v) is 16.0. The second-order valence-corrected chi connectivity index (χ2v) is 9.36. The molecule has 8 nitrogen and oxygen atoms in total. The molecule has 1 aromatic carbocycles. The molecule has 1 aromatic rings. The van der Waals surface area contributed by atoms with Crippen molar-refractivity contribution in [1.82, 2.24) is 0 Å². The zero-order valence-electron chi connectivity index (χ0n) is 15.2. The van der Waals surface area contributed by atoms with Gasteiger partial charge in [-0.1, -0.05) is 0 Å². The number of amidine groups is 1. The maximum absolute atomic E-state index is 12.8. The second kappa shape index (κ2) is 7.63. The summed E-state index contributed by atoms with van der Waals surface area (Å²) in [5, 5.41) is 10.3. The van der Waals surface area contributed by atoms with Crippen molar-refractivity contribution in [3.8, 4) is 5.75 Å². The molecule has 0 bridgehead atoms. The van der Waals surface area contributed by atoms with E-state index < -0.39 is 14.6 Å². The molecule has 0 saturated heterocycles. The van der Waals surface area contributed by atoms with Crippen LogP contribution in [-0.2, 0) is 19.4 Å². The van der Waals surface area contributed by atoms with Crippen LogP contribution < -0.4 is 15.8 Å². The molecule has 144 valence electrons. The molecule has 9 heteroatoms. The first-order chi connectivity index (χ1) is 12.1. The summed E-state index contributed by atoms with van der Waals surface area (Å²) in [6, 6.07) is 5.14. The Morgan fingerprint density at radius 1 is 1.46 bits per heavy atom. The molecule has 0 aliphatic carbocycles. The number of methoxy groups -OCH3 is 1. The molecule has 1 unspecified atom stereocenters. The fourth-order valence-electron chi connectivity index (χ4n) is 2.69. The minimum absolute atomic E-state index is 0.0712. The fraction of sp³-hybridized carbons (Fsp3) is 0.529. The minimum atomic E-state index is -3.66. The van der Waals surface area contributed by atoms with E-state index in [1.54, 1.807) is 18.2 Å². The molecule has 0 radical (unpaired) electrons. The lowest BCUT2D eigenvalue weighted by molar-refractivity contribution is -0.119. The number of carbonyl (C=O) groups is 1. The van der Waals surface area contributed by atoms with E-state index in [9.17, 15) is 13.2 Å². The topological polar surface area (TPSA) is 132 Å². The van der Waals surface area contributed by atoms with Gasteiger partial charge in [0, 0.05) is 24.3 Å². The minimum Gasteiger partial charge on any atom is -0.493 e. The average molecular weight is 383 g/mol. The highest BCUT2D eigenvalue weighted by atomic mass is 32.2. The third-order valence-electron chi connectivity index (χ3n) is 4.58. The van der Waals surface area contributed by atoms with Crippen LogP contribution in [0.1, 0.15) is 31.7 Å². The van der Waals surface area contributed by atoms with Crippen LogP contribution in [0, 0.1) is 5.41 Å². The fourth-order valence-corrected chi connectivity index (χ4v) is 4.31. The molecule has 1 amide bonds. The molecular weight excluding hydrogens is 358 g/mol. The number of rotatable bonds is 7. The predicted molar refractivity (Wildman–Crippen MR) is 99.6 cm³/mol. The van der Waals surface area contributed by atoms with Gasteiger partial charge < -0.3 is 20.5 Å². The van der Waals surface area contributed by atoms with Crippen molar-refractivity contribution in [2.75, 3.05) is 31.4 Å². The molecule has 0 saturated carbocycles. The number of ether oxygens (including phenoxy) is 2. The van der Waals surface area contributed by atoms with Crippen molar-refractivity contribution in [3.63, 3.8) is 0 Å². The van der Waals surface area contributed by atoms with Gasteiger partial charge in [0.2, 0.25) is 5.91 Å². The molecule has 1 atom stereocenters. The lowest BCUT2D eigenvalue weighted by atomic mass is 9.94. The Morgan fingerprint density at radius 3 is 2.77 bits per heavy atom. The molecule has 4 N–H and O–H groups in total. The summed E-state index contributed by atoms with van der Waals surface area (Å²) in [5.41, 5.74) is 6.75. The first kappa shape index (κ1) is 20.2. The molecule has 0 spiro atoms. The van der Waals surface area contributed by atoms with E-state index in [1.165, 1.54) is 21.0 Å². The Morgan fingerprint density at radius 2 is 2.15 bits per heavy atom. The van der Waals surface area contributed by atoms with Crippen molar-refractivity contribution in [1.29, 1.82) is 5.41 Å². The van der Waals surface area contributed by atoms with Gasteiger partial charge in [-0.3, -0.25) is 10.2 Å². The van der Waals surface area contributed by atoms with E-state index in [0.717, 1.165) is 5.56 Å². The summed E-state index contributed by atoms with van der Waals surface area (Å²) >= 11 is 0. The first-order valence-corrected chi connectivity index (χ1v) is 9.86. The van der Waals surface area contributed by atoms with Crippen molar-refractivity contribution in [2.45, 2.75) is 30.9 Å². The standard InChI is InChI=1S/C17H25N3O5S/c1-17(2,16(18)19)26(22,23)10-11-6-7-25-14-5-4-12(8-13(11)14)20-15(21)9-24-3/h4-5,8,11H,6-7,9-10H2,1-3H3,(H3,18,19)(H,20,21). The predicted octanol–water partition coefficient (Wildman–Crippen LogP) is 1.27. The van der Waals surface area contributed by atoms with Crippen molar-refractivity contribution in [2.24, 2.45) is 5.73 Å². The van der Waals surface area contributed by atoms with Gasteiger partial charge in [0.1, 0.15) is 22.9 Å². The molecule has 0 aromatic heterocycles. The maximum atomic E-state index is 12.8. The highest BCUT2D eigenvalue weighted by molar-refractivity contribution is 7.93. The van der Waals surface area contributed by atoms with Gasteiger partial charge >= 0.3 is 0 Å². The van der Waals surface area contributed by atoms with Crippen LogP contribution in [0.2, 0.25) is 0 Å². The van der Waals surface area contributed by atoms with E-state index in [0.29, 0.717) is 24.5 Å². The number of hydrogen-bond donors (Lipinski definition) is 3. The van der Waals surface area contributed by atoms with Crippen molar-refractivity contribution in [3.05, 3.63) is 23.8 Å². The number of fused-ring (bicyclic) bond motifs is 1. The summed E-state index contributed by atoms with van der Waals surface area (Å²) in [6.45, 7) is 3.21. The van der Waals surface area contributed by atoms with Crippen LogP contribution in [-0.4, -0.2) is 51.0 Å². The largest absolute Gasteiger partial charge is 0.493 e. The van der Waals surface area contributed by atoms with E-state index in [4.69, 9.17) is 20.6 Å². The SMILES string of the molecule is COCC(=O)Nc1ccc2c(c1)C(CS(=O)(=O)C(C)(C)C(=N)N)CCO2. The molecular formula is C17H25N3O5S. The van der Waals surface area contributed by atoms with Gasteiger partial charge in [-0.15, -0.1) is 0 Å². The normalized spacial score (nSPS) is 17.1. The van der Waals surface area contributed by atoms with E-state index >= 15 is 0 Å². The van der Waals surface area contributed by atoms with Gasteiger partial charge in [-0.25, -0.2) is 8.42 Å². The molecule has 1 heterocycles. The number of benzene rings is 1. The monoisotopic (exact) mass is 383 g/mol. The van der Waals surface area contributed by atoms with Gasteiger partial charge in [0.15, 0.2) is 9.84 Å². The Labute approximate surface area is 153 Å². The lowest BCUT2D eigenvalue weighted by Gasteiger charge is -2.30. The Balaban J connectivity index is 2.29. The molecule has 0 fully saturated rings. The average Bonchev–Trinajstić information content (AvgIpc) is 2.55. The quantitative estimate of drug-likeness (QED) is 0.480. The van der Waals surface area contributed by atoms with Crippen molar-refractivity contribution < 1.29 is 22.7 Å². The van der Waals surface area contributed by atoms with Crippen LogP contribution >= 0.6 is 0 Å². The van der Waals surface area contributed by atoms with Gasteiger partial charge in [-0.2, -0.15) is 0 Å². The van der Waals surface area contributed by atoms with E-state index in [2.05, 4.69) is 5.32 Å². The second-order valence-electron chi connectivity index (χ2n) is 6.77. The van der Waals surface area contributed by atoms with Gasteiger partial charge in [0.05, 0.1) is 12.4 Å². The van der Waals surface area contributed by atoms with Crippen molar-refractivity contribution >= 4 is 27.3 Å². The number of nitrogens with two attached hydrogens (primary N) is 1. The molecule has 1 aliphatic rings. The number of carbonyl (C=O) groups excluding carboxylic acids is 1. The van der Waals surface area contributed by atoms with Gasteiger partial charge in [-0.05, 0) is 38.5 Å². The Kier molecular flexibility index (Phi) is 5.92. The van der Waals surface area contributed by atoms with Crippen LogP contribution in [0.15, 0.2) is 18.2 Å². The third-order valence-corrected chi connectivity index (χ3v) is 7.20. The van der Waals surface area contributed by atoms with Crippen LogP contribution in [0.25, 0.3) is 0 Å². The highest BCUT2D eigenvalue weighted by Crippen LogP contribution is 2.37. The van der Waals surface area contributed by atoms with Crippen LogP contribution in [0.3, 0.4) is 0 Å². The number of amides is 1. The summed E-state index contributed by atoms with van der Waals surface area (Å²) in [5.74, 6) is -0.536. The summed E-state index contributed by atoms with van der Waals surface area (Å²) in [4.78, 5) is 11.7.